The minimum absolute atomic E-state index is 0.0706. The highest BCUT2D eigenvalue weighted by Crippen LogP contribution is 2.38. The van der Waals surface area contributed by atoms with Crippen molar-refractivity contribution in [3.63, 3.8) is 0 Å². The Bertz CT molecular complexity index is 826. The summed E-state index contributed by atoms with van der Waals surface area (Å²) in [7, 11) is 4.39. The zero-order valence-corrected chi connectivity index (χ0v) is 15.5. The molecule has 0 aliphatic carbocycles. The molecule has 9 heteroatoms. The first-order chi connectivity index (χ1) is 13.4. The molecule has 1 N–H and O–H groups in total. The first-order valence-electron chi connectivity index (χ1n) is 8.08. The zero-order valence-electron chi connectivity index (χ0n) is 15.5. The number of nitrogens with one attached hydrogen (secondary N) is 1. The number of hydrogen-bond donors (Lipinski definition) is 1. The third-order valence-electron chi connectivity index (χ3n) is 3.72. The van der Waals surface area contributed by atoms with Crippen molar-refractivity contribution in [3.8, 4) is 17.2 Å². The standard InChI is InChI=1S/C19H19F2NO6/c1-25-14-7-11(8-15(26-2)18(14)27-3)9-22-16(23)10-28-19(24)17-12(20)5-4-6-13(17)21/h4-8H,9-10H2,1-3H3,(H,22,23). The van der Waals surface area contributed by atoms with Gasteiger partial charge in [0.15, 0.2) is 18.1 Å². The number of methoxy groups -OCH3 is 3. The van der Waals surface area contributed by atoms with E-state index >= 15 is 0 Å². The van der Waals surface area contributed by atoms with Crippen LogP contribution in [-0.2, 0) is 16.1 Å². The minimum Gasteiger partial charge on any atom is -0.493 e. The third kappa shape index (κ3) is 4.87. The fourth-order valence-electron chi connectivity index (χ4n) is 2.39. The molecule has 0 fully saturated rings. The van der Waals surface area contributed by atoms with Crippen LogP contribution in [0.1, 0.15) is 15.9 Å². The molecule has 2 rings (SSSR count). The summed E-state index contributed by atoms with van der Waals surface area (Å²) in [6, 6.07) is 6.24. The average molecular weight is 395 g/mol. The second-order valence-electron chi connectivity index (χ2n) is 5.48. The number of carbonyl (C=O) groups excluding carboxylic acids is 2. The number of benzene rings is 2. The summed E-state index contributed by atoms with van der Waals surface area (Å²) < 4.78 is 47.4. The molecule has 0 unspecified atom stereocenters. The van der Waals surface area contributed by atoms with E-state index in [-0.39, 0.29) is 6.54 Å². The molecule has 0 heterocycles. The van der Waals surface area contributed by atoms with Crippen molar-refractivity contribution in [2.75, 3.05) is 27.9 Å². The zero-order chi connectivity index (χ0) is 20.7. The highest BCUT2D eigenvalue weighted by molar-refractivity contribution is 5.91. The van der Waals surface area contributed by atoms with Gasteiger partial charge < -0.3 is 24.3 Å². The lowest BCUT2D eigenvalue weighted by Gasteiger charge is -2.14. The number of carbonyl (C=O) groups is 2. The van der Waals surface area contributed by atoms with Crippen molar-refractivity contribution in [1.29, 1.82) is 0 Å². The predicted octanol–water partition coefficient (Wildman–Crippen LogP) is 2.46. The SMILES string of the molecule is COc1cc(CNC(=O)COC(=O)c2c(F)cccc2F)cc(OC)c1OC. The molecule has 1 amide bonds. The molecular weight excluding hydrogens is 376 g/mol. The summed E-state index contributed by atoms with van der Waals surface area (Å²) >= 11 is 0. The summed E-state index contributed by atoms with van der Waals surface area (Å²) in [6.07, 6.45) is 0. The molecule has 0 bridgehead atoms. The molecule has 0 saturated carbocycles. The first-order valence-corrected chi connectivity index (χ1v) is 8.08. The van der Waals surface area contributed by atoms with Crippen molar-refractivity contribution in [3.05, 3.63) is 53.1 Å². The Morgan fingerprint density at radius 3 is 2.04 bits per heavy atom. The molecule has 0 aromatic heterocycles. The fourth-order valence-corrected chi connectivity index (χ4v) is 2.39. The molecule has 150 valence electrons. The van der Waals surface area contributed by atoms with Crippen LogP contribution in [0.25, 0.3) is 0 Å². The van der Waals surface area contributed by atoms with Crippen LogP contribution >= 0.6 is 0 Å². The number of ether oxygens (including phenoxy) is 4. The third-order valence-corrected chi connectivity index (χ3v) is 3.72. The Labute approximate surface area is 160 Å². The monoisotopic (exact) mass is 395 g/mol. The second-order valence-corrected chi connectivity index (χ2v) is 5.48. The number of amides is 1. The van der Waals surface area contributed by atoms with E-state index in [1.54, 1.807) is 12.1 Å². The number of esters is 1. The molecule has 0 atom stereocenters. The van der Waals surface area contributed by atoms with E-state index in [0.29, 0.717) is 22.8 Å². The van der Waals surface area contributed by atoms with Gasteiger partial charge in [0.25, 0.3) is 5.91 Å². The largest absolute Gasteiger partial charge is 0.493 e. The van der Waals surface area contributed by atoms with Gasteiger partial charge in [0.1, 0.15) is 17.2 Å². The van der Waals surface area contributed by atoms with Crippen molar-refractivity contribution in [2.24, 2.45) is 0 Å². The van der Waals surface area contributed by atoms with E-state index in [2.05, 4.69) is 10.1 Å². The molecule has 2 aromatic carbocycles. The lowest BCUT2D eigenvalue weighted by molar-refractivity contribution is -0.124. The second kappa shape index (κ2) is 9.54. The summed E-state index contributed by atoms with van der Waals surface area (Å²) in [5, 5.41) is 2.52. The van der Waals surface area contributed by atoms with E-state index in [0.717, 1.165) is 18.2 Å². The van der Waals surface area contributed by atoms with Gasteiger partial charge in [-0.2, -0.15) is 0 Å². The van der Waals surface area contributed by atoms with Gasteiger partial charge in [0, 0.05) is 6.54 Å². The lowest BCUT2D eigenvalue weighted by Crippen LogP contribution is -2.28. The molecule has 0 aliphatic heterocycles. The molecular formula is C19H19F2NO6. The molecule has 7 nitrogen and oxygen atoms in total. The van der Waals surface area contributed by atoms with Crippen LogP contribution in [0.2, 0.25) is 0 Å². The summed E-state index contributed by atoms with van der Waals surface area (Å²) in [5.41, 5.74) is -0.214. The number of halogens is 2. The highest BCUT2D eigenvalue weighted by Gasteiger charge is 2.19. The molecule has 28 heavy (non-hydrogen) atoms. The highest BCUT2D eigenvalue weighted by atomic mass is 19.1. The maximum atomic E-state index is 13.5. The smallest absolute Gasteiger partial charge is 0.344 e. The van der Waals surface area contributed by atoms with Crippen molar-refractivity contribution < 1.29 is 37.3 Å². The summed E-state index contributed by atoms with van der Waals surface area (Å²) in [4.78, 5) is 23.7. The van der Waals surface area contributed by atoms with Gasteiger partial charge in [0.2, 0.25) is 5.75 Å². The van der Waals surface area contributed by atoms with Crippen molar-refractivity contribution in [2.45, 2.75) is 6.54 Å². The van der Waals surface area contributed by atoms with Gasteiger partial charge in [-0.05, 0) is 29.8 Å². The average Bonchev–Trinajstić information content (AvgIpc) is 2.69. The predicted molar refractivity (Wildman–Crippen MR) is 94.6 cm³/mol. The van der Waals surface area contributed by atoms with Crippen LogP contribution < -0.4 is 19.5 Å². The van der Waals surface area contributed by atoms with E-state index in [1.807, 2.05) is 0 Å². The Morgan fingerprint density at radius 2 is 1.54 bits per heavy atom. The van der Waals surface area contributed by atoms with Crippen molar-refractivity contribution in [1.82, 2.24) is 5.32 Å². The maximum absolute atomic E-state index is 13.5. The van der Waals surface area contributed by atoms with E-state index in [9.17, 15) is 18.4 Å². The molecule has 0 radical (unpaired) electrons. The summed E-state index contributed by atoms with van der Waals surface area (Å²) in [6.45, 7) is -0.627. The molecule has 2 aromatic rings. The van der Waals surface area contributed by atoms with Gasteiger partial charge in [-0.3, -0.25) is 4.79 Å². The van der Waals surface area contributed by atoms with Gasteiger partial charge in [-0.25, -0.2) is 13.6 Å². The van der Waals surface area contributed by atoms with E-state index in [1.165, 1.54) is 21.3 Å². The Hall–Kier alpha value is -3.36. The van der Waals surface area contributed by atoms with E-state index in [4.69, 9.17) is 14.2 Å². The topological polar surface area (TPSA) is 83.1 Å². The van der Waals surface area contributed by atoms with Gasteiger partial charge in [-0.15, -0.1) is 0 Å². The first kappa shape index (κ1) is 20.9. The number of hydrogen-bond acceptors (Lipinski definition) is 6. The molecule has 0 aliphatic rings. The van der Waals surface area contributed by atoms with Crippen LogP contribution in [0, 0.1) is 11.6 Å². The lowest BCUT2D eigenvalue weighted by atomic mass is 10.1. The van der Waals surface area contributed by atoms with Gasteiger partial charge >= 0.3 is 5.97 Å². The van der Waals surface area contributed by atoms with Crippen LogP contribution in [0.5, 0.6) is 17.2 Å². The Kier molecular flexibility index (Phi) is 7.14. The molecule has 0 spiro atoms. The van der Waals surface area contributed by atoms with Crippen molar-refractivity contribution >= 4 is 11.9 Å². The minimum atomic E-state index is -1.27. The molecule has 0 saturated heterocycles. The number of rotatable bonds is 8. The van der Waals surface area contributed by atoms with Crippen LogP contribution in [0.3, 0.4) is 0 Å². The Morgan fingerprint density at radius 1 is 0.964 bits per heavy atom. The van der Waals surface area contributed by atoms with Crippen LogP contribution in [-0.4, -0.2) is 39.8 Å². The van der Waals surface area contributed by atoms with Gasteiger partial charge in [0.05, 0.1) is 21.3 Å². The van der Waals surface area contributed by atoms with Gasteiger partial charge in [-0.1, -0.05) is 6.07 Å². The van der Waals surface area contributed by atoms with Crippen LogP contribution in [0.15, 0.2) is 30.3 Å². The quantitative estimate of drug-likeness (QED) is 0.692. The fraction of sp³-hybridized carbons (Fsp3) is 0.263. The van der Waals surface area contributed by atoms with Crippen LogP contribution in [0.4, 0.5) is 8.78 Å². The maximum Gasteiger partial charge on any atom is 0.344 e. The van der Waals surface area contributed by atoms with E-state index < -0.39 is 35.7 Å². The Balaban J connectivity index is 1.96. The summed E-state index contributed by atoms with van der Waals surface area (Å²) in [5.74, 6) is -2.83. The normalized spacial score (nSPS) is 10.2.